The first-order valence-electron chi connectivity index (χ1n) is 6.04. The van der Waals surface area contributed by atoms with E-state index in [1.54, 1.807) is 0 Å². The highest BCUT2D eigenvalue weighted by atomic mass is 79.9. The van der Waals surface area contributed by atoms with Crippen LogP contribution in [0.3, 0.4) is 0 Å². The summed E-state index contributed by atoms with van der Waals surface area (Å²) in [4.78, 5) is 0.838. The molecule has 1 unspecified atom stereocenters. The molecular weight excluding hydrogens is 316 g/mol. The second-order valence-corrected chi connectivity index (χ2v) is 6.12. The number of halogens is 1. The smallest absolute Gasteiger partial charge is 0.158 e. The summed E-state index contributed by atoms with van der Waals surface area (Å²) in [6.07, 6.45) is 0.393. The second-order valence-electron chi connectivity index (χ2n) is 3.63. The van der Waals surface area contributed by atoms with E-state index in [9.17, 15) is 4.21 Å². The third kappa shape index (κ3) is 5.61. The molecule has 0 spiro atoms. The Hall–Kier alpha value is -0.230. The predicted octanol–water partition coefficient (Wildman–Crippen LogP) is 3.35. The van der Waals surface area contributed by atoms with Gasteiger partial charge in [0.1, 0.15) is 0 Å². The Balaban J connectivity index is 2.46. The number of hydrogen-bond acceptors (Lipinski definition) is 3. The molecule has 3 nitrogen and oxygen atoms in total. The van der Waals surface area contributed by atoms with E-state index in [2.05, 4.69) is 15.9 Å². The largest absolute Gasteiger partial charge is 0.353 e. The lowest BCUT2D eigenvalue weighted by molar-refractivity contribution is -0.136. The Kier molecular flexibility index (Phi) is 7.74. The van der Waals surface area contributed by atoms with Crippen molar-refractivity contribution in [2.24, 2.45) is 0 Å². The molecule has 5 heteroatoms. The van der Waals surface area contributed by atoms with Crippen LogP contribution in [0, 0.1) is 0 Å². The Labute approximate surface area is 119 Å². The van der Waals surface area contributed by atoms with E-state index < -0.39 is 10.8 Å². The van der Waals surface area contributed by atoms with Crippen molar-refractivity contribution in [1.29, 1.82) is 0 Å². The van der Waals surface area contributed by atoms with Gasteiger partial charge in [-0.2, -0.15) is 0 Å². The fraction of sp³-hybridized carbons (Fsp3) is 0.538. The molecule has 0 aliphatic heterocycles. The molecule has 0 aliphatic carbocycles. The molecular formula is C13H19BrO3S. The molecule has 0 saturated carbocycles. The summed E-state index contributed by atoms with van der Waals surface area (Å²) in [5, 5.41) is 0. The number of ether oxygens (including phenoxy) is 2. The zero-order valence-corrected chi connectivity index (χ0v) is 13.1. The van der Waals surface area contributed by atoms with Crippen LogP contribution in [0.1, 0.15) is 20.3 Å². The van der Waals surface area contributed by atoms with Crippen LogP contribution in [0.5, 0.6) is 0 Å². The number of hydrogen-bond donors (Lipinski definition) is 0. The van der Waals surface area contributed by atoms with Crippen LogP contribution in [0.2, 0.25) is 0 Å². The van der Waals surface area contributed by atoms with Gasteiger partial charge in [-0.05, 0) is 38.1 Å². The number of rotatable bonds is 8. The van der Waals surface area contributed by atoms with Gasteiger partial charge in [-0.1, -0.05) is 15.9 Å². The molecule has 0 radical (unpaired) electrons. The summed E-state index contributed by atoms with van der Waals surface area (Å²) in [5.41, 5.74) is 0. The van der Waals surface area contributed by atoms with Gasteiger partial charge in [0, 0.05) is 34.8 Å². The van der Waals surface area contributed by atoms with Crippen molar-refractivity contribution < 1.29 is 13.7 Å². The SMILES string of the molecule is CCOC(CCS(=O)c1ccc(Br)cc1)OCC. The van der Waals surface area contributed by atoms with Gasteiger partial charge in [0.15, 0.2) is 6.29 Å². The zero-order chi connectivity index (χ0) is 13.4. The molecule has 0 aromatic heterocycles. The molecule has 0 aliphatic rings. The van der Waals surface area contributed by atoms with Crippen molar-refractivity contribution in [3.63, 3.8) is 0 Å². The summed E-state index contributed by atoms with van der Waals surface area (Å²) in [7, 11) is -1.00. The lowest BCUT2D eigenvalue weighted by atomic mass is 10.4. The van der Waals surface area contributed by atoms with Gasteiger partial charge in [-0.3, -0.25) is 4.21 Å². The van der Waals surface area contributed by atoms with E-state index >= 15 is 0 Å². The van der Waals surface area contributed by atoms with Gasteiger partial charge in [-0.15, -0.1) is 0 Å². The van der Waals surface area contributed by atoms with Crippen LogP contribution in [0.25, 0.3) is 0 Å². The summed E-state index contributed by atoms with van der Waals surface area (Å²) in [6, 6.07) is 7.54. The molecule has 0 fully saturated rings. The molecule has 0 saturated heterocycles. The Morgan fingerprint density at radius 3 is 2.22 bits per heavy atom. The third-order valence-corrected chi connectivity index (χ3v) is 4.25. The highest BCUT2D eigenvalue weighted by Crippen LogP contribution is 2.15. The van der Waals surface area contributed by atoms with Gasteiger partial charge < -0.3 is 9.47 Å². The highest BCUT2D eigenvalue weighted by molar-refractivity contribution is 9.10. The molecule has 18 heavy (non-hydrogen) atoms. The third-order valence-electron chi connectivity index (χ3n) is 2.32. The maximum Gasteiger partial charge on any atom is 0.158 e. The van der Waals surface area contributed by atoms with Crippen LogP contribution < -0.4 is 0 Å². The average Bonchev–Trinajstić information content (AvgIpc) is 2.37. The van der Waals surface area contributed by atoms with Crippen molar-refractivity contribution in [3.8, 4) is 0 Å². The van der Waals surface area contributed by atoms with Gasteiger partial charge in [0.05, 0.1) is 10.8 Å². The van der Waals surface area contributed by atoms with Crippen LogP contribution in [-0.4, -0.2) is 29.5 Å². The van der Waals surface area contributed by atoms with Crippen LogP contribution in [-0.2, 0) is 20.3 Å². The first kappa shape index (κ1) is 15.8. The predicted molar refractivity (Wildman–Crippen MR) is 77.1 cm³/mol. The normalized spacial score (nSPS) is 12.9. The summed E-state index contributed by atoms with van der Waals surface area (Å²) in [5.74, 6) is 0.548. The maximum atomic E-state index is 12.1. The molecule has 1 atom stereocenters. The van der Waals surface area contributed by atoms with E-state index in [1.165, 1.54) is 0 Å². The minimum atomic E-state index is -1.00. The average molecular weight is 335 g/mol. The standard InChI is InChI=1S/C13H19BrO3S/c1-3-16-13(17-4-2)9-10-18(15)12-7-5-11(14)6-8-12/h5-8,13H,3-4,9-10H2,1-2H3. The quantitative estimate of drug-likeness (QED) is 0.684. The Morgan fingerprint density at radius 2 is 1.72 bits per heavy atom. The van der Waals surface area contributed by atoms with E-state index in [1.807, 2.05) is 38.1 Å². The Bertz CT molecular complexity index is 361. The van der Waals surface area contributed by atoms with Gasteiger partial charge in [0.25, 0.3) is 0 Å². The lowest BCUT2D eigenvalue weighted by Gasteiger charge is -2.16. The van der Waals surface area contributed by atoms with E-state index in [-0.39, 0.29) is 6.29 Å². The van der Waals surface area contributed by atoms with Crippen LogP contribution in [0.15, 0.2) is 33.6 Å². The monoisotopic (exact) mass is 334 g/mol. The first-order valence-corrected chi connectivity index (χ1v) is 8.15. The molecule has 0 heterocycles. The fourth-order valence-electron chi connectivity index (χ4n) is 1.49. The minimum absolute atomic E-state index is 0.251. The molecule has 1 rings (SSSR count). The van der Waals surface area contributed by atoms with Crippen LogP contribution in [0.4, 0.5) is 0 Å². The summed E-state index contributed by atoms with van der Waals surface area (Å²) in [6.45, 7) is 5.07. The van der Waals surface area contributed by atoms with Crippen molar-refractivity contribution in [1.82, 2.24) is 0 Å². The molecule has 0 bridgehead atoms. The first-order chi connectivity index (χ1) is 8.67. The van der Waals surface area contributed by atoms with Crippen molar-refractivity contribution in [3.05, 3.63) is 28.7 Å². The highest BCUT2D eigenvalue weighted by Gasteiger charge is 2.11. The molecule has 1 aromatic carbocycles. The minimum Gasteiger partial charge on any atom is -0.353 e. The van der Waals surface area contributed by atoms with E-state index in [0.717, 1.165) is 9.37 Å². The zero-order valence-electron chi connectivity index (χ0n) is 10.7. The van der Waals surface area contributed by atoms with E-state index in [0.29, 0.717) is 25.4 Å². The van der Waals surface area contributed by atoms with Gasteiger partial charge in [0.2, 0.25) is 0 Å². The fourth-order valence-corrected chi connectivity index (χ4v) is 2.84. The molecule has 102 valence electrons. The van der Waals surface area contributed by atoms with Gasteiger partial charge in [-0.25, -0.2) is 0 Å². The Morgan fingerprint density at radius 1 is 1.17 bits per heavy atom. The molecule has 0 N–H and O–H groups in total. The second kappa shape index (κ2) is 8.80. The number of benzene rings is 1. The topological polar surface area (TPSA) is 35.5 Å². The van der Waals surface area contributed by atoms with Crippen molar-refractivity contribution >= 4 is 26.7 Å². The van der Waals surface area contributed by atoms with Crippen LogP contribution >= 0.6 is 15.9 Å². The van der Waals surface area contributed by atoms with E-state index in [4.69, 9.17) is 9.47 Å². The molecule has 0 amide bonds. The van der Waals surface area contributed by atoms with Gasteiger partial charge >= 0.3 is 0 Å². The summed E-state index contributed by atoms with van der Waals surface area (Å²) < 4.78 is 23.9. The molecule has 1 aromatic rings. The maximum absolute atomic E-state index is 12.1. The summed E-state index contributed by atoms with van der Waals surface area (Å²) >= 11 is 3.36. The van der Waals surface area contributed by atoms with Crippen molar-refractivity contribution in [2.45, 2.75) is 31.5 Å². The van der Waals surface area contributed by atoms with Crippen molar-refractivity contribution in [2.75, 3.05) is 19.0 Å². The lowest BCUT2D eigenvalue weighted by Crippen LogP contribution is -2.20.